The predicted molar refractivity (Wildman–Crippen MR) is 66.6 cm³/mol. The molecule has 0 atom stereocenters. The van der Waals surface area contributed by atoms with Gasteiger partial charge in [-0.3, -0.25) is 0 Å². The zero-order valence-electron chi connectivity index (χ0n) is 9.09. The van der Waals surface area contributed by atoms with E-state index in [1.54, 1.807) is 6.33 Å². The first kappa shape index (κ1) is 10.4. The second-order valence-electron chi connectivity index (χ2n) is 3.58. The molecule has 80 valence electrons. The van der Waals surface area contributed by atoms with E-state index in [0.29, 0.717) is 0 Å². The summed E-state index contributed by atoms with van der Waals surface area (Å²) in [7, 11) is 0. The fourth-order valence-corrected chi connectivity index (χ4v) is 1.36. The Morgan fingerprint density at radius 3 is 2.50 bits per heavy atom. The second kappa shape index (κ2) is 4.57. The van der Waals surface area contributed by atoms with E-state index in [1.165, 1.54) is 0 Å². The van der Waals surface area contributed by atoms with Gasteiger partial charge < -0.3 is 5.73 Å². The molecule has 2 aromatic rings. The number of aromatic nitrogens is 2. The molecule has 2 rings (SSSR count). The molecule has 0 fully saturated rings. The van der Waals surface area contributed by atoms with E-state index in [1.807, 2.05) is 49.4 Å². The van der Waals surface area contributed by atoms with Crippen molar-refractivity contribution in [3.63, 3.8) is 0 Å². The Kier molecular flexibility index (Phi) is 2.96. The lowest BCUT2D eigenvalue weighted by Gasteiger charge is -1.96. The molecule has 16 heavy (non-hydrogen) atoms. The first-order valence-corrected chi connectivity index (χ1v) is 5.06. The van der Waals surface area contributed by atoms with Crippen LogP contribution in [0.1, 0.15) is 17.0 Å². The summed E-state index contributed by atoms with van der Waals surface area (Å²) in [4.78, 5) is 8.19. The Morgan fingerprint density at radius 1 is 1.06 bits per heavy atom. The molecule has 2 N–H and O–H groups in total. The number of benzene rings is 1. The standard InChI is InChI=1S/C13H13N3/c1-10-8-13(16-9-15-10)7-4-11-2-5-12(14)6-3-11/h2-9H,14H2,1H3/b7-4+. The van der Waals surface area contributed by atoms with Crippen molar-refractivity contribution in [1.29, 1.82) is 0 Å². The molecule has 3 nitrogen and oxygen atoms in total. The summed E-state index contributed by atoms with van der Waals surface area (Å²) in [6.07, 6.45) is 5.53. The fourth-order valence-electron chi connectivity index (χ4n) is 1.36. The zero-order valence-corrected chi connectivity index (χ0v) is 9.09. The molecule has 0 amide bonds. The molecule has 0 aliphatic heterocycles. The van der Waals surface area contributed by atoms with Gasteiger partial charge in [-0.1, -0.05) is 18.2 Å². The summed E-state index contributed by atoms with van der Waals surface area (Å²) in [5.74, 6) is 0. The summed E-state index contributed by atoms with van der Waals surface area (Å²) in [6.45, 7) is 1.95. The minimum Gasteiger partial charge on any atom is -0.399 e. The molecule has 3 heteroatoms. The van der Waals surface area contributed by atoms with Crippen LogP contribution in [0.15, 0.2) is 36.7 Å². The molecule has 1 heterocycles. The molecule has 0 radical (unpaired) electrons. The van der Waals surface area contributed by atoms with Crippen LogP contribution in [0.4, 0.5) is 5.69 Å². The number of nitrogens with zero attached hydrogens (tertiary/aromatic N) is 2. The third kappa shape index (κ3) is 2.67. The van der Waals surface area contributed by atoms with E-state index < -0.39 is 0 Å². The molecule has 0 unspecified atom stereocenters. The first-order chi connectivity index (χ1) is 7.74. The number of hydrogen-bond acceptors (Lipinski definition) is 3. The Morgan fingerprint density at radius 2 is 1.81 bits per heavy atom. The van der Waals surface area contributed by atoms with Crippen LogP contribution in [0.3, 0.4) is 0 Å². The van der Waals surface area contributed by atoms with Crippen molar-refractivity contribution >= 4 is 17.8 Å². The van der Waals surface area contributed by atoms with Gasteiger partial charge in [0.15, 0.2) is 0 Å². The highest BCUT2D eigenvalue weighted by atomic mass is 14.8. The van der Waals surface area contributed by atoms with E-state index >= 15 is 0 Å². The summed E-state index contributed by atoms with van der Waals surface area (Å²) in [6, 6.07) is 9.64. The van der Waals surface area contributed by atoms with Gasteiger partial charge in [0.25, 0.3) is 0 Å². The third-order valence-corrected chi connectivity index (χ3v) is 2.21. The number of nitrogen functional groups attached to an aromatic ring is 1. The molecule has 0 spiro atoms. The van der Waals surface area contributed by atoms with Crippen LogP contribution in [0.25, 0.3) is 12.2 Å². The fraction of sp³-hybridized carbons (Fsp3) is 0.0769. The highest BCUT2D eigenvalue weighted by Gasteiger charge is 1.91. The quantitative estimate of drug-likeness (QED) is 0.776. The van der Waals surface area contributed by atoms with Gasteiger partial charge in [0.1, 0.15) is 6.33 Å². The Labute approximate surface area is 94.7 Å². The van der Waals surface area contributed by atoms with E-state index in [-0.39, 0.29) is 0 Å². The summed E-state index contributed by atoms with van der Waals surface area (Å²) in [5.41, 5.74) is 9.36. The van der Waals surface area contributed by atoms with Crippen LogP contribution in [0.2, 0.25) is 0 Å². The molecule has 0 saturated carbocycles. The van der Waals surface area contributed by atoms with Gasteiger partial charge in [-0.05, 0) is 36.8 Å². The van der Waals surface area contributed by atoms with Crippen molar-refractivity contribution < 1.29 is 0 Å². The molecule has 0 aliphatic rings. The number of aryl methyl sites for hydroxylation is 1. The number of anilines is 1. The highest BCUT2D eigenvalue weighted by molar-refractivity contribution is 5.68. The molecular weight excluding hydrogens is 198 g/mol. The van der Waals surface area contributed by atoms with E-state index in [0.717, 1.165) is 22.6 Å². The number of rotatable bonds is 2. The molecular formula is C13H13N3. The smallest absolute Gasteiger partial charge is 0.116 e. The molecule has 0 bridgehead atoms. The maximum atomic E-state index is 5.61. The second-order valence-corrected chi connectivity index (χ2v) is 3.58. The molecule has 1 aromatic heterocycles. The maximum absolute atomic E-state index is 5.61. The van der Waals surface area contributed by atoms with Crippen LogP contribution in [0.5, 0.6) is 0 Å². The van der Waals surface area contributed by atoms with Crippen molar-refractivity contribution in [1.82, 2.24) is 9.97 Å². The lowest BCUT2D eigenvalue weighted by Crippen LogP contribution is -1.86. The molecule has 0 aliphatic carbocycles. The van der Waals surface area contributed by atoms with E-state index in [9.17, 15) is 0 Å². The average Bonchev–Trinajstić information content (AvgIpc) is 2.28. The van der Waals surface area contributed by atoms with Crippen LogP contribution in [-0.2, 0) is 0 Å². The van der Waals surface area contributed by atoms with Crippen molar-refractivity contribution in [2.75, 3.05) is 5.73 Å². The van der Waals surface area contributed by atoms with Crippen LogP contribution >= 0.6 is 0 Å². The molecule has 1 aromatic carbocycles. The van der Waals surface area contributed by atoms with Gasteiger partial charge in [0, 0.05) is 11.4 Å². The minimum absolute atomic E-state index is 0.773. The Balaban J connectivity index is 2.18. The largest absolute Gasteiger partial charge is 0.399 e. The van der Waals surface area contributed by atoms with Gasteiger partial charge in [0.2, 0.25) is 0 Å². The van der Waals surface area contributed by atoms with Gasteiger partial charge in [-0.25, -0.2) is 9.97 Å². The van der Waals surface area contributed by atoms with Gasteiger partial charge >= 0.3 is 0 Å². The zero-order chi connectivity index (χ0) is 11.4. The summed E-state index contributed by atoms with van der Waals surface area (Å²) >= 11 is 0. The summed E-state index contributed by atoms with van der Waals surface area (Å²) in [5, 5.41) is 0. The normalized spacial score (nSPS) is 10.8. The monoisotopic (exact) mass is 211 g/mol. The van der Waals surface area contributed by atoms with Gasteiger partial charge in [-0.15, -0.1) is 0 Å². The lowest BCUT2D eigenvalue weighted by atomic mass is 10.2. The lowest BCUT2D eigenvalue weighted by molar-refractivity contribution is 1.09. The van der Waals surface area contributed by atoms with Gasteiger partial charge in [0.05, 0.1) is 5.69 Å². The predicted octanol–water partition coefficient (Wildman–Crippen LogP) is 2.54. The van der Waals surface area contributed by atoms with Crippen molar-refractivity contribution in [3.05, 3.63) is 53.6 Å². The summed E-state index contributed by atoms with van der Waals surface area (Å²) < 4.78 is 0. The third-order valence-electron chi connectivity index (χ3n) is 2.21. The van der Waals surface area contributed by atoms with Crippen LogP contribution < -0.4 is 5.73 Å². The van der Waals surface area contributed by atoms with Crippen LogP contribution in [-0.4, -0.2) is 9.97 Å². The maximum Gasteiger partial charge on any atom is 0.116 e. The average molecular weight is 211 g/mol. The number of hydrogen-bond donors (Lipinski definition) is 1. The number of nitrogens with two attached hydrogens (primary N) is 1. The highest BCUT2D eigenvalue weighted by Crippen LogP contribution is 2.09. The van der Waals surface area contributed by atoms with Crippen molar-refractivity contribution in [3.8, 4) is 0 Å². The minimum atomic E-state index is 0.773. The van der Waals surface area contributed by atoms with E-state index in [2.05, 4.69) is 9.97 Å². The topological polar surface area (TPSA) is 51.8 Å². The van der Waals surface area contributed by atoms with E-state index in [4.69, 9.17) is 5.73 Å². The Bertz CT molecular complexity index is 501. The van der Waals surface area contributed by atoms with Crippen molar-refractivity contribution in [2.45, 2.75) is 6.92 Å². The Hall–Kier alpha value is -2.16. The van der Waals surface area contributed by atoms with Crippen molar-refractivity contribution in [2.24, 2.45) is 0 Å². The molecule has 0 saturated heterocycles. The van der Waals surface area contributed by atoms with Gasteiger partial charge in [-0.2, -0.15) is 0 Å². The van der Waals surface area contributed by atoms with Crippen LogP contribution in [0, 0.1) is 6.92 Å². The SMILES string of the molecule is Cc1cc(/C=C/c2ccc(N)cc2)ncn1. The first-order valence-electron chi connectivity index (χ1n) is 5.06.